The van der Waals surface area contributed by atoms with Gasteiger partial charge in [0.25, 0.3) is 0 Å². The van der Waals surface area contributed by atoms with Gasteiger partial charge in [0, 0.05) is 12.1 Å². The van der Waals surface area contributed by atoms with Gasteiger partial charge in [-0.15, -0.1) is 0 Å². The third-order valence-corrected chi connectivity index (χ3v) is 5.81. The first-order valence-corrected chi connectivity index (χ1v) is 10.5. The van der Waals surface area contributed by atoms with Crippen molar-refractivity contribution in [2.24, 2.45) is 0 Å². The topological polar surface area (TPSA) is 94.9 Å². The lowest BCUT2D eigenvalue weighted by molar-refractivity contribution is 0.0208. The van der Waals surface area contributed by atoms with Gasteiger partial charge in [-0.1, -0.05) is 19.9 Å². The Bertz CT molecular complexity index is 1080. The number of carbonyl (C=O) groups is 1. The third-order valence-electron chi connectivity index (χ3n) is 5.81. The number of aromatic nitrogens is 3. The Kier molecular flexibility index (Phi) is 5.40. The van der Waals surface area contributed by atoms with E-state index in [-0.39, 0.29) is 6.09 Å². The van der Waals surface area contributed by atoms with Crippen LogP contribution in [0.1, 0.15) is 56.8 Å². The van der Waals surface area contributed by atoms with Gasteiger partial charge in [0.15, 0.2) is 0 Å². The fraction of sp³-hybridized carbons (Fsp3) is 0.391. The van der Waals surface area contributed by atoms with E-state index in [0.29, 0.717) is 23.8 Å². The molecule has 1 spiro atoms. The SMILES string of the molecule is CC.N#Cc1ccc2nc(C3CCC4(CC3)CN(c3ccccn3)C(=O)O4)[nH]c2c1. The number of fused-ring (bicyclic) bond motifs is 1. The van der Waals surface area contributed by atoms with Crippen molar-refractivity contribution in [3.05, 3.63) is 54.0 Å². The molecular weight excluding hydrogens is 378 g/mol. The highest BCUT2D eigenvalue weighted by Crippen LogP contribution is 2.43. The number of nitriles is 1. The summed E-state index contributed by atoms with van der Waals surface area (Å²) in [5, 5.41) is 9.06. The second kappa shape index (κ2) is 8.15. The van der Waals surface area contributed by atoms with E-state index in [1.807, 2.05) is 44.2 Å². The summed E-state index contributed by atoms with van der Waals surface area (Å²) in [6.45, 7) is 4.54. The second-order valence-corrected chi connectivity index (χ2v) is 7.57. The van der Waals surface area contributed by atoms with Gasteiger partial charge in [-0.25, -0.2) is 14.8 Å². The molecule has 2 aliphatic rings. The summed E-state index contributed by atoms with van der Waals surface area (Å²) in [6, 6.07) is 13.2. The number of ether oxygens (including phenoxy) is 1. The Morgan fingerprint density at radius 1 is 1.23 bits per heavy atom. The Labute approximate surface area is 175 Å². The number of nitrogens with one attached hydrogen (secondary N) is 1. The van der Waals surface area contributed by atoms with Crippen LogP contribution in [0.2, 0.25) is 0 Å². The molecule has 30 heavy (non-hydrogen) atoms. The van der Waals surface area contributed by atoms with Crippen LogP contribution >= 0.6 is 0 Å². The monoisotopic (exact) mass is 403 g/mol. The normalized spacial score (nSPS) is 23.0. The van der Waals surface area contributed by atoms with E-state index >= 15 is 0 Å². The Morgan fingerprint density at radius 3 is 2.73 bits per heavy atom. The van der Waals surface area contributed by atoms with Gasteiger partial charge in [-0.2, -0.15) is 5.26 Å². The van der Waals surface area contributed by atoms with E-state index in [9.17, 15) is 4.79 Å². The van der Waals surface area contributed by atoms with Gasteiger partial charge in [-0.05, 0) is 56.0 Å². The maximum absolute atomic E-state index is 12.4. The summed E-state index contributed by atoms with van der Waals surface area (Å²) in [5.41, 5.74) is 1.95. The molecule has 1 aliphatic heterocycles. The molecule has 1 amide bonds. The minimum atomic E-state index is -0.439. The molecule has 3 heterocycles. The highest BCUT2D eigenvalue weighted by Gasteiger charge is 2.48. The van der Waals surface area contributed by atoms with Crippen LogP contribution < -0.4 is 4.90 Å². The molecule has 7 heteroatoms. The zero-order chi connectivity index (χ0) is 21.1. The Morgan fingerprint density at radius 2 is 2.03 bits per heavy atom. The summed E-state index contributed by atoms with van der Waals surface area (Å²) in [6.07, 6.45) is 4.76. The van der Waals surface area contributed by atoms with Crippen LogP contribution in [-0.2, 0) is 4.74 Å². The van der Waals surface area contributed by atoms with Crippen molar-refractivity contribution in [3.8, 4) is 6.07 Å². The maximum Gasteiger partial charge on any atom is 0.416 e. The number of benzene rings is 1. The van der Waals surface area contributed by atoms with Crippen molar-refractivity contribution in [3.63, 3.8) is 0 Å². The predicted molar refractivity (Wildman–Crippen MR) is 114 cm³/mol. The largest absolute Gasteiger partial charge is 0.441 e. The van der Waals surface area contributed by atoms with Gasteiger partial charge in [0.2, 0.25) is 0 Å². The number of anilines is 1. The van der Waals surface area contributed by atoms with E-state index in [1.54, 1.807) is 17.2 Å². The average molecular weight is 403 g/mol. The summed E-state index contributed by atoms with van der Waals surface area (Å²) >= 11 is 0. The zero-order valence-corrected chi connectivity index (χ0v) is 17.3. The van der Waals surface area contributed by atoms with Gasteiger partial charge in [0.1, 0.15) is 17.2 Å². The molecule has 1 saturated heterocycles. The Balaban J connectivity index is 0.00000106. The first-order valence-electron chi connectivity index (χ1n) is 10.5. The third kappa shape index (κ3) is 3.61. The van der Waals surface area contributed by atoms with Crippen molar-refractivity contribution in [1.82, 2.24) is 15.0 Å². The van der Waals surface area contributed by atoms with Crippen LogP contribution in [0.25, 0.3) is 11.0 Å². The minimum Gasteiger partial charge on any atom is -0.441 e. The molecule has 1 N–H and O–H groups in total. The number of aromatic amines is 1. The van der Waals surface area contributed by atoms with Gasteiger partial charge in [0.05, 0.1) is 29.2 Å². The summed E-state index contributed by atoms with van der Waals surface area (Å²) in [7, 11) is 0. The maximum atomic E-state index is 12.4. The first-order chi connectivity index (χ1) is 14.7. The molecule has 7 nitrogen and oxygen atoms in total. The van der Waals surface area contributed by atoms with Gasteiger partial charge in [-0.3, -0.25) is 4.90 Å². The summed E-state index contributed by atoms with van der Waals surface area (Å²) < 4.78 is 5.81. The molecule has 5 rings (SSSR count). The van der Waals surface area contributed by atoms with E-state index in [4.69, 9.17) is 15.0 Å². The van der Waals surface area contributed by atoms with Gasteiger partial charge < -0.3 is 9.72 Å². The molecule has 0 radical (unpaired) electrons. The van der Waals surface area contributed by atoms with E-state index in [1.165, 1.54) is 0 Å². The number of imidazole rings is 1. The van der Waals surface area contributed by atoms with Crippen molar-refractivity contribution < 1.29 is 9.53 Å². The summed E-state index contributed by atoms with van der Waals surface area (Å²) in [4.78, 5) is 26.4. The van der Waals surface area contributed by atoms with Crippen LogP contribution in [0.15, 0.2) is 42.6 Å². The standard InChI is InChI=1S/C21H19N5O2.C2H6/c22-12-14-4-5-16-17(11-14)25-19(24-16)15-6-8-21(9-7-15)13-26(20(27)28-21)18-3-1-2-10-23-18;1-2/h1-5,10-11,15H,6-9,13H2,(H,24,25);1-2H3. The van der Waals surface area contributed by atoms with Crippen molar-refractivity contribution in [2.45, 2.75) is 51.0 Å². The molecule has 1 saturated carbocycles. The fourth-order valence-corrected chi connectivity index (χ4v) is 4.28. The second-order valence-electron chi connectivity index (χ2n) is 7.57. The van der Waals surface area contributed by atoms with Crippen molar-refractivity contribution in [1.29, 1.82) is 5.26 Å². The first kappa shape index (κ1) is 19.9. The molecule has 1 aromatic carbocycles. The number of amides is 1. The lowest BCUT2D eigenvalue weighted by Gasteiger charge is -2.34. The molecule has 3 aromatic rings. The van der Waals surface area contributed by atoms with Crippen LogP contribution in [0.4, 0.5) is 10.6 Å². The molecule has 2 fully saturated rings. The van der Waals surface area contributed by atoms with Gasteiger partial charge >= 0.3 is 6.09 Å². The number of nitrogens with zero attached hydrogens (tertiary/aromatic N) is 4. The lowest BCUT2D eigenvalue weighted by atomic mass is 9.78. The van der Waals surface area contributed by atoms with E-state index < -0.39 is 5.60 Å². The molecule has 0 bridgehead atoms. The van der Waals surface area contributed by atoms with Crippen LogP contribution in [0, 0.1) is 11.3 Å². The molecular formula is C23H25N5O2. The van der Waals surface area contributed by atoms with Crippen LogP contribution in [-0.4, -0.2) is 33.2 Å². The number of hydrogen-bond donors (Lipinski definition) is 1. The van der Waals surface area contributed by atoms with Crippen LogP contribution in [0.5, 0.6) is 0 Å². The number of rotatable bonds is 2. The van der Waals surface area contributed by atoms with E-state index in [0.717, 1.165) is 42.5 Å². The molecule has 2 aromatic heterocycles. The van der Waals surface area contributed by atoms with Crippen molar-refractivity contribution >= 4 is 22.9 Å². The average Bonchev–Trinajstić information content (AvgIpc) is 3.36. The molecule has 1 aliphatic carbocycles. The summed E-state index contributed by atoms with van der Waals surface area (Å²) in [5.74, 6) is 1.88. The number of H-pyrrole nitrogens is 1. The Hall–Kier alpha value is -3.40. The minimum absolute atomic E-state index is 0.297. The zero-order valence-electron chi connectivity index (χ0n) is 17.3. The quantitative estimate of drug-likeness (QED) is 0.656. The van der Waals surface area contributed by atoms with E-state index in [2.05, 4.69) is 16.0 Å². The number of carbonyl (C=O) groups excluding carboxylic acids is 1. The fourth-order valence-electron chi connectivity index (χ4n) is 4.28. The predicted octanol–water partition coefficient (Wildman–Crippen LogP) is 4.91. The molecule has 0 unspecified atom stereocenters. The molecule has 0 atom stereocenters. The number of pyridine rings is 1. The highest BCUT2D eigenvalue weighted by atomic mass is 16.6. The smallest absolute Gasteiger partial charge is 0.416 e. The molecule has 154 valence electrons. The highest BCUT2D eigenvalue weighted by molar-refractivity contribution is 5.89. The number of hydrogen-bond acceptors (Lipinski definition) is 5. The van der Waals surface area contributed by atoms with Crippen LogP contribution in [0.3, 0.4) is 0 Å². The lowest BCUT2D eigenvalue weighted by Crippen LogP contribution is -2.38. The van der Waals surface area contributed by atoms with Crippen molar-refractivity contribution in [2.75, 3.05) is 11.4 Å².